The van der Waals surface area contributed by atoms with Crippen molar-refractivity contribution in [3.05, 3.63) is 20.2 Å². The number of H-pyrrole nitrogens is 1. The van der Waals surface area contributed by atoms with Crippen LogP contribution in [-0.4, -0.2) is 17.6 Å². The lowest BCUT2D eigenvalue weighted by Crippen LogP contribution is -2.06. The maximum Gasteiger partial charge on any atom is 0.350 e. The van der Waals surface area contributed by atoms with Crippen LogP contribution in [0.4, 0.5) is 0 Å². The average Bonchev–Trinajstić information content (AvgIpc) is 2.48. The van der Waals surface area contributed by atoms with Gasteiger partial charge in [0, 0.05) is 0 Å². The van der Waals surface area contributed by atoms with E-state index in [-0.39, 0.29) is 16.4 Å². The second-order valence-electron chi connectivity index (χ2n) is 2.59. The second kappa shape index (κ2) is 4.61. The summed E-state index contributed by atoms with van der Waals surface area (Å²) in [5, 5.41) is -0.409. The summed E-state index contributed by atoms with van der Waals surface area (Å²) >= 11 is 6.62. The first-order chi connectivity index (χ1) is 6.56. The molecule has 1 unspecified atom stereocenters. The third kappa shape index (κ3) is 2.36. The minimum atomic E-state index is -0.502. The normalized spacial score (nSPS) is 12.5. The Bertz CT molecular complexity index is 382. The molecule has 1 aromatic heterocycles. The predicted octanol–water partition coefficient (Wildman–Crippen LogP) is 1.91. The van der Waals surface area contributed by atoms with Crippen LogP contribution in [0.5, 0.6) is 0 Å². The van der Waals surface area contributed by atoms with Crippen molar-refractivity contribution < 1.29 is 9.53 Å². The van der Waals surface area contributed by atoms with Gasteiger partial charge in [-0.2, -0.15) is 0 Å². The van der Waals surface area contributed by atoms with Crippen molar-refractivity contribution in [3.63, 3.8) is 0 Å². The minimum Gasteiger partial charge on any atom is -0.462 e. The third-order valence-corrected chi connectivity index (χ3v) is 2.63. The van der Waals surface area contributed by atoms with Gasteiger partial charge in [0.1, 0.15) is 4.88 Å². The molecule has 0 aliphatic rings. The molecule has 0 radical (unpaired) electrons. The molecule has 1 heterocycles. The molecule has 14 heavy (non-hydrogen) atoms. The van der Waals surface area contributed by atoms with E-state index in [0.717, 1.165) is 11.3 Å². The molecule has 6 heteroatoms. The first-order valence-electron chi connectivity index (χ1n) is 4.10. The fraction of sp³-hybridized carbons (Fsp3) is 0.500. The van der Waals surface area contributed by atoms with E-state index >= 15 is 0 Å². The van der Waals surface area contributed by atoms with Crippen molar-refractivity contribution in [3.8, 4) is 0 Å². The van der Waals surface area contributed by atoms with Gasteiger partial charge in [0.15, 0.2) is 0 Å². The van der Waals surface area contributed by atoms with Gasteiger partial charge in [-0.15, -0.1) is 11.6 Å². The molecule has 0 saturated carbocycles. The average molecular weight is 236 g/mol. The van der Waals surface area contributed by atoms with Gasteiger partial charge in [0.2, 0.25) is 0 Å². The van der Waals surface area contributed by atoms with E-state index < -0.39 is 11.3 Å². The number of esters is 1. The zero-order valence-corrected chi connectivity index (χ0v) is 9.37. The second-order valence-corrected chi connectivity index (χ2v) is 4.23. The number of nitrogens with one attached hydrogen (secondary N) is 1. The maximum atomic E-state index is 11.4. The zero-order valence-electron chi connectivity index (χ0n) is 7.80. The van der Waals surface area contributed by atoms with E-state index in [1.807, 2.05) is 0 Å². The van der Waals surface area contributed by atoms with Crippen molar-refractivity contribution >= 4 is 28.9 Å². The van der Waals surface area contributed by atoms with E-state index in [1.165, 1.54) is 0 Å². The molecular formula is C8H10ClNO3S. The molecular weight excluding hydrogens is 226 g/mol. The van der Waals surface area contributed by atoms with Crippen LogP contribution in [0.25, 0.3) is 0 Å². The summed E-state index contributed by atoms with van der Waals surface area (Å²) in [6.45, 7) is 3.67. The Morgan fingerprint density at radius 3 is 2.86 bits per heavy atom. The number of carbonyl (C=O) groups excluding carboxylic acids is 1. The van der Waals surface area contributed by atoms with E-state index in [1.54, 1.807) is 13.8 Å². The number of aromatic amines is 1. The number of ether oxygens (including phenoxy) is 1. The third-order valence-electron chi connectivity index (χ3n) is 1.53. The molecule has 1 rings (SSSR count). The molecule has 0 bridgehead atoms. The lowest BCUT2D eigenvalue weighted by atomic mass is 10.3. The Labute approximate surface area is 89.9 Å². The quantitative estimate of drug-likeness (QED) is 0.643. The van der Waals surface area contributed by atoms with E-state index in [2.05, 4.69) is 4.98 Å². The molecule has 0 spiro atoms. The van der Waals surface area contributed by atoms with Crippen LogP contribution in [0.2, 0.25) is 0 Å². The van der Waals surface area contributed by atoms with E-state index in [4.69, 9.17) is 16.3 Å². The number of aromatic nitrogens is 1. The van der Waals surface area contributed by atoms with Crippen molar-refractivity contribution in [2.24, 2.45) is 0 Å². The molecule has 0 amide bonds. The van der Waals surface area contributed by atoms with Crippen LogP contribution in [0.15, 0.2) is 4.79 Å². The summed E-state index contributed by atoms with van der Waals surface area (Å²) in [5.41, 5.74) is 0.431. The number of halogens is 1. The van der Waals surface area contributed by atoms with E-state index in [9.17, 15) is 9.59 Å². The summed E-state index contributed by atoms with van der Waals surface area (Å²) < 4.78 is 4.79. The number of hydrogen-bond donors (Lipinski definition) is 1. The molecule has 4 nitrogen and oxygen atoms in total. The maximum absolute atomic E-state index is 11.4. The van der Waals surface area contributed by atoms with Gasteiger partial charge in [0.05, 0.1) is 17.7 Å². The molecule has 0 aliphatic carbocycles. The highest BCUT2D eigenvalue weighted by Gasteiger charge is 2.19. The molecule has 0 fully saturated rings. The summed E-state index contributed by atoms with van der Waals surface area (Å²) in [5.74, 6) is -0.502. The number of alkyl halides is 1. The largest absolute Gasteiger partial charge is 0.462 e. The van der Waals surface area contributed by atoms with Crippen LogP contribution in [-0.2, 0) is 4.74 Å². The fourth-order valence-electron chi connectivity index (χ4n) is 0.968. The Balaban J connectivity index is 3.06. The number of rotatable bonds is 3. The van der Waals surface area contributed by atoms with Gasteiger partial charge in [0.25, 0.3) is 0 Å². The van der Waals surface area contributed by atoms with Gasteiger partial charge in [-0.3, -0.25) is 4.79 Å². The summed E-state index contributed by atoms with van der Waals surface area (Å²) in [6.07, 6.45) is 0. The predicted molar refractivity (Wildman–Crippen MR) is 55.2 cm³/mol. The van der Waals surface area contributed by atoms with Crippen LogP contribution in [0.1, 0.15) is 34.6 Å². The lowest BCUT2D eigenvalue weighted by molar-refractivity contribution is 0.0530. The topological polar surface area (TPSA) is 59.2 Å². The van der Waals surface area contributed by atoms with Crippen LogP contribution in [0, 0.1) is 0 Å². The molecule has 78 valence electrons. The van der Waals surface area contributed by atoms with Gasteiger partial charge >= 0.3 is 10.8 Å². The highest BCUT2D eigenvalue weighted by atomic mass is 35.5. The SMILES string of the molecule is CCOC(=O)c1sc(=O)[nH]c1C(C)Cl. The molecule has 0 saturated heterocycles. The molecule has 1 atom stereocenters. The molecule has 0 aliphatic heterocycles. The summed E-state index contributed by atoms with van der Waals surface area (Å²) in [4.78, 5) is 24.9. The highest BCUT2D eigenvalue weighted by Crippen LogP contribution is 2.23. The smallest absolute Gasteiger partial charge is 0.350 e. The van der Waals surface area contributed by atoms with Crippen molar-refractivity contribution in [2.45, 2.75) is 19.2 Å². The van der Waals surface area contributed by atoms with Crippen LogP contribution >= 0.6 is 22.9 Å². The van der Waals surface area contributed by atoms with Crippen molar-refractivity contribution in [1.29, 1.82) is 0 Å². The van der Waals surface area contributed by atoms with Gasteiger partial charge in [-0.1, -0.05) is 11.3 Å². The highest BCUT2D eigenvalue weighted by molar-refractivity contribution is 7.11. The number of hydrogen-bond acceptors (Lipinski definition) is 4. The Hall–Kier alpha value is -0.810. The summed E-state index contributed by atoms with van der Waals surface area (Å²) in [7, 11) is 0. The lowest BCUT2D eigenvalue weighted by Gasteiger charge is -2.03. The molecule has 1 aromatic rings. The minimum absolute atomic E-state index is 0.263. The Morgan fingerprint density at radius 1 is 1.71 bits per heavy atom. The first-order valence-corrected chi connectivity index (χ1v) is 5.35. The van der Waals surface area contributed by atoms with Crippen molar-refractivity contribution in [1.82, 2.24) is 4.98 Å². The van der Waals surface area contributed by atoms with E-state index in [0.29, 0.717) is 5.69 Å². The molecule has 1 N–H and O–H groups in total. The monoisotopic (exact) mass is 235 g/mol. The fourth-order valence-corrected chi connectivity index (χ4v) is 2.02. The first kappa shape index (κ1) is 11.3. The van der Waals surface area contributed by atoms with Crippen LogP contribution < -0.4 is 4.87 Å². The standard InChI is InChI=1S/C8H10ClNO3S/c1-3-13-7(11)6-5(4(2)9)10-8(12)14-6/h4H,3H2,1-2H3,(H,10,12). The zero-order chi connectivity index (χ0) is 10.7. The molecule has 0 aromatic carbocycles. The van der Waals surface area contributed by atoms with Gasteiger partial charge < -0.3 is 9.72 Å². The van der Waals surface area contributed by atoms with Gasteiger partial charge in [-0.25, -0.2) is 4.79 Å². The number of thiazole rings is 1. The van der Waals surface area contributed by atoms with Crippen LogP contribution in [0.3, 0.4) is 0 Å². The number of carbonyl (C=O) groups is 1. The summed E-state index contributed by atoms with van der Waals surface area (Å²) in [6, 6.07) is 0. The van der Waals surface area contributed by atoms with Gasteiger partial charge in [-0.05, 0) is 13.8 Å². The Morgan fingerprint density at radius 2 is 2.36 bits per heavy atom. The van der Waals surface area contributed by atoms with Crippen molar-refractivity contribution in [2.75, 3.05) is 6.61 Å². The Kier molecular flexibility index (Phi) is 3.71.